The van der Waals surface area contributed by atoms with Gasteiger partial charge >= 0.3 is 0 Å². The number of benzene rings is 2. The molecule has 2 heterocycles. The first-order chi connectivity index (χ1) is 15.5. The van der Waals surface area contributed by atoms with E-state index in [1.165, 1.54) is 13.2 Å². The molecular formula is C24H24ClN3O4. The van der Waals surface area contributed by atoms with E-state index in [2.05, 4.69) is 9.89 Å². The van der Waals surface area contributed by atoms with Crippen LogP contribution in [0.3, 0.4) is 0 Å². The first kappa shape index (κ1) is 21.9. The summed E-state index contributed by atoms with van der Waals surface area (Å²) in [6.07, 6.45) is 2.50. The summed E-state index contributed by atoms with van der Waals surface area (Å²) in [5.74, 6) is -1.06. The molecule has 0 saturated heterocycles. The molecule has 2 aromatic rings. The highest BCUT2D eigenvalue weighted by Gasteiger charge is 2.43. The standard InChI is InChI=1S/C24H24ClN3O4/c1-32-19-9-8-17(14-18(19)25)22(29)20-21(16-6-3-2-4-7-16)28(24(31)23(20)30)12-5-11-27-13-10-26-15-27/h2-4,6-9,14-15,21,30H,5,10-13H2,1H3. The van der Waals surface area contributed by atoms with E-state index in [0.717, 1.165) is 25.2 Å². The number of nitrogens with zero attached hydrogens (tertiary/aromatic N) is 3. The summed E-state index contributed by atoms with van der Waals surface area (Å²) >= 11 is 6.21. The van der Waals surface area contributed by atoms with Crippen molar-refractivity contribution < 1.29 is 19.4 Å². The Morgan fingerprint density at radius 1 is 1.22 bits per heavy atom. The molecule has 2 aliphatic rings. The van der Waals surface area contributed by atoms with Crippen molar-refractivity contribution in [3.63, 3.8) is 0 Å². The Hall–Kier alpha value is -3.32. The lowest BCUT2D eigenvalue weighted by Crippen LogP contribution is -2.34. The van der Waals surface area contributed by atoms with Gasteiger partial charge in [0.1, 0.15) is 5.75 Å². The number of carbonyl (C=O) groups excluding carboxylic acids is 2. The number of Topliss-reactive ketones (excluding diaryl/α,β-unsaturated/α-hetero) is 1. The third kappa shape index (κ3) is 4.21. The Bertz CT molecular complexity index is 1080. The number of ketones is 1. The maximum Gasteiger partial charge on any atom is 0.290 e. The Balaban J connectivity index is 1.64. The maximum atomic E-state index is 13.4. The molecule has 7 nitrogen and oxygen atoms in total. The molecule has 1 amide bonds. The minimum atomic E-state index is -0.677. The van der Waals surface area contributed by atoms with Crippen LogP contribution >= 0.6 is 11.6 Å². The number of hydrogen-bond donors (Lipinski definition) is 1. The molecule has 0 saturated carbocycles. The zero-order valence-electron chi connectivity index (χ0n) is 17.7. The molecule has 1 N–H and O–H groups in total. The van der Waals surface area contributed by atoms with Crippen molar-refractivity contribution in [3.05, 3.63) is 76.0 Å². The van der Waals surface area contributed by atoms with Gasteiger partial charge in [-0.15, -0.1) is 0 Å². The number of aliphatic hydroxyl groups excluding tert-OH is 1. The predicted octanol–water partition coefficient (Wildman–Crippen LogP) is 3.66. The van der Waals surface area contributed by atoms with E-state index in [4.69, 9.17) is 16.3 Å². The van der Waals surface area contributed by atoms with Crippen molar-refractivity contribution in [1.29, 1.82) is 0 Å². The Morgan fingerprint density at radius 2 is 2.00 bits per heavy atom. The zero-order chi connectivity index (χ0) is 22.7. The highest BCUT2D eigenvalue weighted by atomic mass is 35.5. The summed E-state index contributed by atoms with van der Waals surface area (Å²) in [5.41, 5.74) is 1.10. The van der Waals surface area contributed by atoms with Crippen LogP contribution in [0.2, 0.25) is 5.02 Å². The van der Waals surface area contributed by atoms with Crippen molar-refractivity contribution in [2.75, 3.05) is 33.3 Å². The minimum Gasteiger partial charge on any atom is -0.503 e. The quantitative estimate of drug-likeness (QED) is 0.617. The van der Waals surface area contributed by atoms with Crippen molar-refractivity contribution in [3.8, 4) is 5.75 Å². The van der Waals surface area contributed by atoms with Crippen LogP contribution in [0.1, 0.15) is 28.4 Å². The lowest BCUT2D eigenvalue weighted by atomic mass is 9.92. The Kier molecular flexibility index (Phi) is 6.46. The first-order valence-corrected chi connectivity index (χ1v) is 10.8. The molecule has 0 radical (unpaired) electrons. The van der Waals surface area contributed by atoms with Crippen LogP contribution < -0.4 is 4.74 Å². The molecule has 1 unspecified atom stereocenters. The number of aliphatic hydroxyl groups is 1. The molecule has 0 spiro atoms. The van der Waals surface area contributed by atoms with E-state index in [9.17, 15) is 14.7 Å². The molecule has 2 aliphatic heterocycles. The van der Waals surface area contributed by atoms with Crippen LogP contribution in [0.4, 0.5) is 0 Å². The highest BCUT2D eigenvalue weighted by molar-refractivity contribution is 6.32. The van der Waals surface area contributed by atoms with Gasteiger partial charge in [0.05, 0.1) is 36.6 Å². The summed E-state index contributed by atoms with van der Waals surface area (Å²) < 4.78 is 5.16. The summed E-state index contributed by atoms with van der Waals surface area (Å²) in [7, 11) is 1.49. The summed E-state index contributed by atoms with van der Waals surface area (Å²) in [4.78, 5) is 34.3. The van der Waals surface area contributed by atoms with Gasteiger partial charge in [-0.2, -0.15) is 0 Å². The Labute approximate surface area is 191 Å². The number of methoxy groups -OCH3 is 1. The first-order valence-electron chi connectivity index (χ1n) is 10.4. The van der Waals surface area contributed by atoms with Gasteiger partial charge in [0.2, 0.25) is 0 Å². The number of halogens is 1. The number of aliphatic imine (C=N–C) groups is 1. The van der Waals surface area contributed by atoms with Crippen molar-refractivity contribution in [1.82, 2.24) is 9.80 Å². The third-order valence-corrected chi connectivity index (χ3v) is 5.98. The fourth-order valence-corrected chi connectivity index (χ4v) is 4.35. The largest absolute Gasteiger partial charge is 0.503 e. The summed E-state index contributed by atoms with van der Waals surface area (Å²) in [5, 5.41) is 11.0. The molecule has 2 aromatic carbocycles. The second kappa shape index (κ2) is 9.44. The molecule has 0 aliphatic carbocycles. The molecule has 1 atom stereocenters. The smallest absolute Gasteiger partial charge is 0.290 e. The van der Waals surface area contributed by atoms with Crippen molar-refractivity contribution in [2.24, 2.45) is 4.99 Å². The van der Waals surface area contributed by atoms with E-state index in [0.29, 0.717) is 18.7 Å². The van der Waals surface area contributed by atoms with Crippen LogP contribution in [0.25, 0.3) is 0 Å². The Morgan fingerprint density at radius 3 is 2.66 bits per heavy atom. The highest BCUT2D eigenvalue weighted by Crippen LogP contribution is 2.39. The van der Waals surface area contributed by atoms with E-state index in [1.807, 2.05) is 36.7 Å². The molecule has 0 fully saturated rings. The van der Waals surface area contributed by atoms with E-state index in [-0.39, 0.29) is 16.2 Å². The van der Waals surface area contributed by atoms with Gasteiger partial charge in [-0.25, -0.2) is 0 Å². The maximum absolute atomic E-state index is 13.4. The van der Waals surface area contributed by atoms with E-state index >= 15 is 0 Å². The minimum absolute atomic E-state index is 0.0603. The normalized spacial score (nSPS) is 18.1. The molecule has 166 valence electrons. The number of ether oxygens (including phenoxy) is 1. The van der Waals surface area contributed by atoms with Crippen molar-refractivity contribution >= 4 is 29.6 Å². The van der Waals surface area contributed by atoms with Gasteiger partial charge in [0.25, 0.3) is 5.91 Å². The number of hydrogen-bond acceptors (Lipinski definition) is 6. The molecule has 32 heavy (non-hydrogen) atoms. The van der Waals surface area contributed by atoms with Gasteiger partial charge in [-0.05, 0) is 30.2 Å². The van der Waals surface area contributed by atoms with Gasteiger partial charge in [-0.1, -0.05) is 41.9 Å². The average Bonchev–Trinajstić information content (AvgIpc) is 3.41. The van der Waals surface area contributed by atoms with Crippen LogP contribution in [0, 0.1) is 0 Å². The van der Waals surface area contributed by atoms with Crippen LogP contribution in [0.5, 0.6) is 5.75 Å². The van der Waals surface area contributed by atoms with Gasteiger partial charge in [0, 0.05) is 25.2 Å². The second-order valence-electron chi connectivity index (χ2n) is 7.66. The number of rotatable bonds is 8. The predicted molar refractivity (Wildman–Crippen MR) is 122 cm³/mol. The van der Waals surface area contributed by atoms with E-state index in [1.54, 1.807) is 17.0 Å². The lowest BCUT2D eigenvalue weighted by molar-refractivity contribution is -0.129. The second-order valence-corrected chi connectivity index (χ2v) is 8.07. The van der Waals surface area contributed by atoms with E-state index < -0.39 is 23.5 Å². The summed E-state index contributed by atoms with van der Waals surface area (Å²) in [6, 6.07) is 13.3. The van der Waals surface area contributed by atoms with Gasteiger partial charge < -0.3 is 19.6 Å². The SMILES string of the molecule is COc1ccc(C(=O)C2=C(O)C(=O)N(CCCN3C=NCC3)C2c2ccccc2)cc1Cl. The van der Waals surface area contributed by atoms with Gasteiger partial charge in [0.15, 0.2) is 11.5 Å². The monoisotopic (exact) mass is 453 g/mol. The molecule has 4 rings (SSSR count). The zero-order valence-corrected chi connectivity index (χ0v) is 18.5. The average molecular weight is 454 g/mol. The molecule has 8 heteroatoms. The summed E-state index contributed by atoms with van der Waals surface area (Å²) in [6.45, 7) is 2.78. The van der Waals surface area contributed by atoms with Crippen LogP contribution in [-0.4, -0.2) is 66.2 Å². The fourth-order valence-electron chi connectivity index (χ4n) is 4.09. The van der Waals surface area contributed by atoms with Crippen LogP contribution in [0.15, 0.2) is 64.9 Å². The van der Waals surface area contributed by atoms with Crippen molar-refractivity contribution in [2.45, 2.75) is 12.5 Å². The van der Waals surface area contributed by atoms with Crippen LogP contribution in [-0.2, 0) is 4.79 Å². The number of carbonyl (C=O) groups is 2. The topological polar surface area (TPSA) is 82.4 Å². The molecule has 0 bridgehead atoms. The van der Waals surface area contributed by atoms with Gasteiger partial charge in [-0.3, -0.25) is 14.6 Å². The lowest BCUT2D eigenvalue weighted by Gasteiger charge is -2.27. The fraction of sp³-hybridized carbons (Fsp3) is 0.292. The molecule has 0 aromatic heterocycles. The molecular weight excluding hydrogens is 430 g/mol. The third-order valence-electron chi connectivity index (χ3n) is 5.68. The number of amides is 1.